The zero-order chi connectivity index (χ0) is 13.8. The van der Waals surface area contributed by atoms with Crippen LogP contribution in [0.1, 0.15) is 58.3 Å². The summed E-state index contributed by atoms with van der Waals surface area (Å²) in [5.74, 6) is 0.555. The maximum absolute atomic E-state index is 6.11. The first-order valence-corrected chi connectivity index (χ1v) is 7.53. The van der Waals surface area contributed by atoms with Crippen molar-refractivity contribution in [2.24, 2.45) is 28.9 Å². The second-order valence-electron chi connectivity index (χ2n) is 5.59. The van der Waals surface area contributed by atoms with Gasteiger partial charge in [0, 0.05) is 12.1 Å². The average molecular weight is 258 g/mol. The highest BCUT2D eigenvalue weighted by atomic mass is 14.8. The lowest BCUT2D eigenvalue weighted by Crippen LogP contribution is -2.41. The van der Waals surface area contributed by atoms with Crippen molar-refractivity contribution in [1.29, 1.82) is 0 Å². The minimum Gasteiger partial charge on any atom is -0.330 e. The molecule has 0 radical (unpaired) electrons. The van der Waals surface area contributed by atoms with Crippen LogP contribution in [0.3, 0.4) is 0 Å². The van der Waals surface area contributed by atoms with Crippen molar-refractivity contribution in [3.8, 4) is 0 Å². The lowest BCUT2D eigenvalue weighted by Gasteiger charge is -2.21. The van der Waals surface area contributed by atoms with Crippen LogP contribution >= 0.6 is 0 Å². The van der Waals surface area contributed by atoms with Crippen LogP contribution in [0.4, 0.5) is 0 Å². The molecule has 18 heavy (non-hydrogen) atoms. The molecule has 3 unspecified atom stereocenters. The molecule has 0 rings (SSSR count). The molecule has 0 aliphatic carbocycles. The van der Waals surface area contributed by atoms with Gasteiger partial charge in [0.1, 0.15) is 0 Å². The van der Waals surface area contributed by atoms with Crippen molar-refractivity contribution in [1.82, 2.24) is 0 Å². The molecule has 0 spiro atoms. The predicted molar refractivity (Wildman–Crippen MR) is 80.2 cm³/mol. The topological polar surface area (TPSA) is 104 Å². The molecule has 0 saturated heterocycles. The summed E-state index contributed by atoms with van der Waals surface area (Å²) in [7, 11) is 0. The van der Waals surface area contributed by atoms with Gasteiger partial charge in [0.05, 0.1) is 0 Å². The molecule has 0 aliphatic heterocycles. The van der Waals surface area contributed by atoms with Crippen LogP contribution in [-0.2, 0) is 0 Å². The summed E-state index contributed by atoms with van der Waals surface area (Å²) in [6.45, 7) is 3.71. The number of rotatable bonds is 12. The van der Waals surface area contributed by atoms with E-state index >= 15 is 0 Å². The first-order chi connectivity index (χ1) is 8.61. The third kappa shape index (κ3) is 9.83. The Balaban J connectivity index is 3.46. The molecule has 0 saturated carbocycles. The quantitative estimate of drug-likeness (QED) is 0.396. The normalized spacial score (nSPS) is 16.5. The van der Waals surface area contributed by atoms with Gasteiger partial charge in [-0.15, -0.1) is 0 Å². The zero-order valence-corrected chi connectivity index (χ0v) is 12.1. The molecule has 0 heterocycles. The van der Waals surface area contributed by atoms with Gasteiger partial charge < -0.3 is 22.9 Å². The average Bonchev–Trinajstić information content (AvgIpc) is 2.39. The Labute approximate surface area is 113 Å². The summed E-state index contributed by atoms with van der Waals surface area (Å²) in [5.41, 5.74) is 23.3. The maximum atomic E-state index is 6.11. The highest BCUT2D eigenvalue weighted by molar-refractivity contribution is 4.76. The monoisotopic (exact) mass is 258 g/mol. The molecule has 4 nitrogen and oxygen atoms in total. The van der Waals surface area contributed by atoms with E-state index in [2.05, 4.69) is 6.92 Å². The van der Waals surface area contributed by atoms with Crippen molar-refractivity contribution >= 4 is 0 Å². The van der Waals surface area contributed by atoms with Gasteiger partial charge in [-0.25, -0.2) is 0 Å². The Hall–Kier alpha value is -0.160. The second kappa shape index (κ2) is 11.9. The number of nitrogens with two attached hydrogens (primary N) is 4. The van der Waals surface area contributed by atoms with Crippen molar-refractivity contribution < 1.29 is 0 Å². The standard InChI is InChI=1S/C14H34N4/c1-12(11-16)8-9-14(18)13(17)7-5-3-2-4-6-10-15/h12-14H,2-11,15-18H2,1H3. The largest absolute Gasteiger partial charge is 0.330 e. The van der Waals surface area contributed by atoms with Crippen molar-refractivity contribution in [3.63, 3.8) is 0 Å². The molecule has 0 bridgehead atoms. The minimum atomic E-state index is 0.128. The zero-order valence-electron chi connectivity index (χ0n) is 12.1. The first-order valence-electron chi connectivity index (χ1n) is 7.53. The smallest absolute Gasteiger partial charge is 0.0192 e. The molecule has 8 N–H and O–H groups in total. The Morgan fingerprint density at radius 3 is 1.89 bits per heavy atom. The molecule has 0 aromatic heterocycles. The summed E-state index contributed by atoms with van der Waals surface area (Å²) >= 11 is 0. The molecule has 4 heteroatoms. The van der Waals surface area contributed by atoms with Crippen molar-refractivity contribution in [2.75, 3.05) is 13.1 Å². The molecule has 0 aromatic carbocycles. The molecule has 110 valence electrons. The van der Waals surface area contributed by atoms with Gasteiger partial charge in [0.25, 0.3) is 0 Å². The van der Waals surface area contributed by atoms with Crippen LogP contribution in [0, 0.1) is 5.92 Å². The molecular weight excluding hydrogens is 224 g/mol. The van der Waals surface area contributed by atoms with Gasteiger partial charge in [0.15, 0.2) is 0 Å². The summed E-state index contributed by atoms with van der Waals surface area (Å²) < 4.78 is 0. The Morgan fingerprint density at radius 2 is 1.28 bits per heavy atom. The van der Waals surface area contributed by atoms with Crippen molar-refractivity contribution in [3.05, 3.63) is 0 Å². The van der Waals surface area contributed by atoms with E-state index in [1.54, 1.807) is 0 Å². The third-order valence-corrected chi connectivity index (χ3v) is 3.69. The van der Waals surface area contributed by atoms with Gasteiger partial charge in [0.2, 0.25) is 0 Å². The van der Waals surface area contributed by atoms with E-state index in [0.717, 1.165) is 38.8 Å². The Morgan fingerprint density at radius 1 is 0.722 bits per heavy atom. The lowest BCUT2D eigenvalue weighted by molar-refractivity contribution is 0.406. The maximum Gasteiger partial charge on any atom is 0.0192 e. The number of hydrogen-bond donors (Lipinski definition) is 4. The van der Waals surface area contributed by atoms with E-state index in [1.807, 2.05) is 0 Å². The van der Waals surface area contributed by atoms with Gasteiger partial charge >= 0.3 is 0 Å². The van der Waals surface area contributed by atoms with Gasteiger partial charge in [-0.05, 0) is 44.7 Å². The highest BCUT2D eigenvalue weighted by Gasteiger charge is 2.13. The Bertz CT molecular complexity index is 175. The van der Waals surface area contributed by atoms with Crippen LogP contribution in [0.2, 0.25) is 0 Å². The summed E-state index contributed by atoms with van der Waals surface area (Å²) in [4.78, 5) is 0. The van der Waals surface area contributed by atoms with Crippen LogP contribution < -0.4 is 22.9 Å². The lowest BCUT2D eigenvalue weighted by atomic mass is 9.95. The number of unbranched alkanes of at least 4 members (excludes halogenated alkanes) is 4. The van der Waals surface area contributed by atoms with E-state index in [4.69, 9.17) is 22.9 Å². The highest BCUT2D eigenvalue weighted by Crippen LogP contribution is 2.12. The van der Waals surface area contributed by atoms with Crippen LogP contribution in [0.15, 0.2) is 0 Å². The summed E-state index contributed by atoms with van der Waals surface area (Å²) in [5, 5.41) is 0. The molecule has 3 atom stereocenters. The molecule has 0 aromatic rings. The van der Waals surface area contributed by atoms with Gasteiger partial charge in [-0.2, -0.15) is 0 Å². The van der Waals surface area contributed by atoms with Crippen LogP contribution in [0.25, 0.3) is 0 Å². The van der Waals surface area contributed by atoms with E-state index < -0.39 is 0 Å². The molecule has 0 fully saturated rings. The number of hydrogen-bond acceptors (Lipinski definition) is 4. The Kier molecular flexibility index (Phi) is 11.8. The SMILES string of the molecule is CC(CN)CCC(N)C(N)CCCCCCCN. The van der Waals surface area contributed by atoms with E-state index in [0.29, 0.717) is 5.92 Å². The van der Waals surface area contributed by atoms with Gasteiger partial charge in [-0.3, -0.25) is 0 Å². The van der Waals surface area contributed by atoms with Gasteiger partial charge in [-0.1, -0.05) is 32.6 Å². The predicted octanol–water partition coefficient (Wildman–Crippen LogP) is 1.32. The molecular formula is C14H34N4. The summed E-state index contributed by atoms with van der Waals surface area (Å²) in [6, 6.07) is 0.271. The van der Waals surface area contributed by atoms with Crippen LogP contribution in [-0.4, -0.2) is 25.2 Å². The van der Waals surface area contributed by atoms with E-state index in [1.165, 1.54) is 25.7 Å². The fraction of sp³-hybridized carbons (Fsp3) is 1.00. The van der Waals surface area contributed by atoms with Crippen LogP contribution in [0.5, 0.6) is 0 Å². The van der Waals surface area contributed by atoms with E-state index in [-0.39, 0.29) is 12.1 Å². The van der Waals surface area contributed by atoms with E-state index in [9.17, 15) is 0 Å². The third-order valence-electron chi connectivity index (χ3n) is 3.69. The minimum absolute atomic E-state index is 0.128. The summed E-state index contributed by atoms with van der Waals surface area (Å²) in [6.07, 6.45) is 9.21. The molecule has 0 amide bonds. The first kappa shape index (κ1) is 17.8. The molecule has 0 aliphatic rings. The fourth-order valence-electron chi connectivity index (χ4n) is 2.08. The fourth-order valence-corrected chi connectivity index (χ4v) is 2.08. The second-order valence-corrected chi connectivity index (χ2v) is 5.59. The van der Waals surface area contributed by atoms with Crippen molar-refractivity contribution in [2.45, 2.75) is 70.4 Å².